The maximum atomic E-state index is 12.3. The normalized spacial score (nSPS) is 14.7. The van der Waals surface area contributed by atoms with E-state index in [4.69, 9.17) is 9.47 Å². The van der Waals surface area contributed by atoms with Crippen molar-refractivity contribution >= 4 is 23.8 Å². The number of Topliss-reactive ketones (excluding diaryl/α,β-unsaturated/α-hetero) is 1. The van der Waals surface area contributed by atoms with E-state index in [0.29, 0.717) is 38.0 Å². The molecule has 8 nitrogen and oxygen atoms in total. The van der Waals surface area contributed by atoms with E-state index in [9.17, 15) is 19.2 Å². The van der Waals surface area contributed by atoms with Gasteiger partial charge in [0.2, 0.25) is 5.91 Å². The molecule has 0 atom stereocenters. The molecule has 164 valence electrons. The number of ketones is 1. The highest BCUT2D eigenvalue weighted by Crippen LogP contribution is 2.21. The zero-order chi connectivity index (χ0) is 22.3. The van der Waals surface area contributed by atoms with Crippen LogP contribution in [0.5, 0.6) is 0 Å². The molecule has 1 fully saturated rings. The standard InChI is InChI=1S/C22H30N2O6/c1-15(25)23-13-16-5-7-17(8-6-16)19(26)14-29-20(27)18-9-11-24(12-10-18)21(28)30-22(2,3)4/h5-8,18H,9-14H2,1-4H3,(H,23,25). The minimum atomic E-state index is -0.560. The predicted octanol–water partition coefficient (Wildman–Crippen LogP) is 2.70. The fraction of sp³-hybridized carbons (Fsp3) is 0.545. The Labute approximate surface area is 176 Å². The van der Waals surface area contributed by atoms with Crippen molar-refractivity contribution in [2.24, 2.45) is 5.92 Å². The van der Waals surface area contributed by atoms with E-state index in [1.807, 2.05) is 20.8 Å². The van der Waals surface area contributed by atoms with Gasteiger partial charge in [0.25, 0.3) is 0 Å². The molecular weight excluding hydrogens is 388 g/mol. The molecule has 0 aliphatic carbocycles. The molecule has 0 spiro atoms. The molecule has 0 aromatic heterocycles. The molecule has 2 amide bonds. The lowest BCUT2D eigenvalue weighted by Crippen LogP contribution is -2.43. The van der Waals surface area contributed by atoms with Crippen LogP contribution in [0.4, 0.5) is 4.79 Å². The quantitative estimate of drug-likeness (QED) is 0.563. The summed E-state index contributed by atoms with van der Waals surface area (Å²) in [5.74, 6) is -1.18. The monoisotopic (exact) mass is 418 g/mol. The smallest absolute Gasteiger partial charge is 0.410 e. The summed E-state index contributed by atoms with van der Waals surface area (Å²) in [7, 11) is 0. The van der Waals surface area contributed by atoms with Gasteiger partial charge < -0.3 is 19.7 Å². The number of ether oxygens (including phenoxy) is 2. The minimum Gasteiger partial charge on any atom is -0.457 e. The lowest BCUT2D eigenvalue weighted by atomic mass is 9.97. The summed E-state index contributed by atoms with van der Waals surface area (Å²) in [5.41, 5.74) is 0.750. The van der Waals surface area contributed by atoms with E-state index >= 15 is 0 Å². The summed E-state index contributed by atoms with van der Waals surface area (Å²) in [4.78, 5) is 49.2. The van der Waals surface area contributed by atoms with Crippen molar-refractivity contribution in [1.82, 2.24) is 10.2 Å². The van der Waals surface area contributed by atoms with Gasteiger partial charge in [-0.15, -0.1) is 0 Å². The van der Waals surface area contributed by atoms with Gasteiger partial charge in [-0.3, -0.25) is 14.4 Å². The number of hydrogen-bond acceptors (Lipinski definition) is 6. The van der Waals surface area contributed by atoms with Gasteiger partial charge >= 0.3 is 12.1 Å². The van der Waals surface area contributed by atoms with Crippen molar-refractivity contribution in [3.8, 4) is 0 Å². The molecule has 1 aliphatic heterocycles. The Morgan fingerprint density at radius 2 is 1.67 bits per heavy atom. The Morgan fingerprint density at radius 1 is 1.07 bits per heavy atom. The number of piperidine rings is 1. The number of amides is 2. The topological polar surface area (TPSA) is 102 Å². The molecule has 0 radical (unpaired) electrons. The molecule has 1 aromatic carbocycles. The average molecular weight is 418 g/mol. The van der Waals surface area contributed by atoms with Crippen LogP contribution >= 0.6 is 0 Å². The molecule has 2 rings (SSSR count). The third-order valence-corrected chi connectivity index (χ3v) is 4.64. The number of carbonyl (C=O) groups is 4. The fourth-order valence-corrected chi connectivity index (χ4v) is 3.00. The van der Waals surface area contributed by atoms with Crippen molar-refractivity contribution in [2.45, 2.75) is 52.7 Å². The van der Waals surface area contributed by atoms with Crippen molar-refractivity contribution < 1.29 is 28.7 Å². The number of nitrogens with zero attached hydrogens (tertiary/aromatic N) is 1. The second kappa shape index (κ2) is 10.2. The number of carbonyl (C=O) groups excluding carboxylic acids is 4. The highest BCUT2D eigenvalue weighted by molar-refractivity contribution is 5.98. The van der Waals surface area contributed by atoms with E-state index in [1.165, 1.54) is 6.92 Å². The van der Waals surface area contributed by atoms with E-state index in [-0.39, 0.29) is 30.3 Å². The number of rotatable bonds is 6. The first-order chi connectivity index (χ1) is 14.0. The summed E-state index contributed by atoms with van der Waals surface area (Å²) >= 11 is 0. The van der Waals surface area contributed by atoms with Crippen molar-refractivity contribution in [2.75, 3.05) is 19.7 Å². The van der Waals surface area contributed by atoms with Crippen molar-refractivity contribution in [3.05, 3.63) is 35.4 Å². The van der Waals surface area contributed by atoms with Crippen LogP contribution in [0.1, 0.15) is 56.5 Å². The van der Waals surface area contributed by atoms with Gasteiger partial charge in [0.15, 0.2) is 12.4 Å². The summed E-state index contributed by atoms with van der Waals surface area (Å²) in [5, 5.41) is 2.68. The fourth-order valence-electron chi connectivity index (χ4n) is 3.00. The van der Waals surface area contributed by atoms with Crippen LogP contribution in [0.3, 0.4) is 0 Å². The van der Waals surface area contributed by atoms with Gasteiger partial charge in [0, 0.05) is 32.1 Å². The van der Waals surface area contributed by atoms with Gasteiger partial charge in [0.1, 0.15) is 5.60 Å². The lowest BCUT2D eigenvalue weighted by Gasteiger charge is -2.32. The second-order valence-corrected chi connectivity index (χ2v) is 8.38. The van der Waals surface area contributed by atoms with Gasteiger partial charge in [-0.2, -0.15) is 0 Å². The Bertz CT molecular complexity index is 774. The molecule has 1 saturated heterocycles. The van der Waals surface area contributed by atoms with Gasteiger partial charge in [-0.1, -0.05) is 24.3 Å². The Hall–Kier alpha value is -2.90. The molecule has 1 aromatic rings. The van der Waals surface area contributed by atoms with Crippen LogP contribution < -0.4 is 5.32 Å². The second-order valence-electron chi connectivity index (χ2n) is 8.38. The van der Waals surface area contributed by atoms with Crippen LogP contribution in [0.15, 0.2) is 24.3 Å². The Balaban J connectivity index is 1.76. The minimum absolute atomic E-state index is 0.126. The number of nitrogens with one attached hydrogen (secondary N) is 1. The van der Waals surface area contributed by atoms with Gasteiger partial charge in [-0.05, 0) is 39.2 Å². The summed E-state index contributed by atoms with van der Waals surface area (Å²) in [6.07, 6.45) is 0.570. The molecular formula is C22H30N2O6. The number of esters is 1. The third kappa shape index (κ3) is 7.50. The number of likely N-dealkylation sites (tertiary alicyclic amines) is 1. The Morgan fingerprint density at radius 3 is 2.20 bits per heavy atom. The molecule has 1 heterocycles. The SMILES string of the molecule is CC(=O)NCc1ccc(C(=O)COC(=O)C2CCN(C(=O)OC(C)(C)C)CC2)cc1. The zero-order valence-corrected chi connectivity index (χ0v) is 18.0. The van der Waals surface area contributed by atoms with Crippen molar-refractivity contribution in [1.29, 1.82) is 0 Å². The number of hydrogen-bond donors (Lipinski definition) is 1. The first-order valence-electron chi connectivity index (χ1n) is 10.1. The summed E-state index contributed by atoms with van der Waals surface area (Å²) < 4.78 is 10.5. The first kappa shape index (κ1) is 23.4. The Kier molecular flexibility index (Phi) is 7.97. The van der Waals surface area contributed by atoms with E-state index < -0.39 is 11.6 Å². The molecule has 8 heteroatoms. The highest BCUT2D eigenvalue weighted by atomic mass is 16.6. The van der Waals surface area contributed by atoms with Crippen LogP contribution in [-0.2, 0) is 25.6 Å². The average Bonchev–Trinajstić information content (AvgIpc) is 2.69. The van der Waals surface area contributed by atoms with E-state index in [0.717, 1.165) is 5.56 Å². The van der Waals surface area contributed by atoms with Crippen LogP contribution in [-0.4, -0.2) is 54.0 Å². The predicted molar refractivity (Wildman–Crippen MR) is 110 cm³/mol. The molecule has 0 unspecified atom stereocenters. The highest BCUT2D eigenvalue weighted by Gasteiger charge is 2.31. The van der Waals surface area contributed by atoms with Crippen molar-refractivity contribution in [3.63, 3.8) is 0 Å². The first-order valence-corrected chi connectivity index (χ1v) is 10.1. The molecule has 1 aliphatic rings. The summed E-state index contributed by atoms with van der Waals surface area (Å²) in [6, 6.07) is 6.79. The lowest BCUT2D eigenvalue weighted by molar-refractivity contribution is -0.149. The van der Waals surface area contributed by atoms with Crippen LogP contribution in [0, 0.1) is 5.92 Å². The number of benzene rings is 1. The van der Waals surface area contributed by atoms with Crippen LogP contribution in [0.25, 0.3) is 0 Å². The zero-order valence-electron chi connectivity index (χ0n) is 18.0. The van der Waals surface area contributed by atoms with E-state index in [1.54, 1.807) is 29.2 Å². The largest absolute Gasteiger partial charge is 0.457 e. The summed E-state index contributed by atoms with van der Waals surface area (Å²) in [6.45, 7) is 7.76. The van der Waals surface area contributed by atoms with E-state index in [2.05, 4.69) is 5.32 Å². The van der Waals surface area contributed by atoms with Gasteiger partial charge in [-0.25, -0.2) is 4.79 Å². The third-order valence-electron chi connectivity index (χ3n) is 4.64. The van der Waals surface area contributed by atoms with Crippen LogP contribution in [0.2, 0.25) is 0 Å². The maximum absolute atomic E-state index is 12.3. The maximum Gasteiger partial charge on any atom is 0.410 e. The molecule has 0 bridgehead atoms. The molecule has 0 saturated carbocycles. The van der Waals surface area contributed by atoms with Gasteiger partial charge in [0.05, 0.1) is 5.92 Å². The molecule has 1 N–H and O–H groups in total. The molecule has 30 heavy (non-hydrogen) atoms.